The second-order valence-electron chi connectivity index (χ2n) is 0. The van der Waals surface area contributed by atoms with Crippen LogP contribution in [-0.2, 0) is 0 Å². The van der Waals surface area contributed by atoms with E-state index in [0.29, 0.717) is 0 Å². The van der Waals surface area contributed by atoms with Crippen LogP contribution in [0, 0.1) is 0 Å². The minimum atomic E-state index is 0. The van der Waals surface area contributed by atoms with Crippen molar-refractivity contribution < 1.29 is 113 Å². The smallest absolute Gasteiger partial charge is 0.255 e. The zero-order valence-electron chi connectivity index (χ0n) is 2.89. The summed E-state index contributed by atoms with van der Waals surface area (Å²) in [5.74, 6) is 0. The van der Waals surface area contributed by atoms with Crippen LogP contribution in [0.25, 0.3) is 0 Å². The third-order valence-corrected chi connectivity index (χ3v) is 0. The molecule has 0 saturated carbocycles. The van der Waals surface area contributed by atoms with Crippen molar-refractivity contribution in [3.8, 4) is 0 Å². The van der Waals surface area contributed by atoms with Crippen LogP contribution in [0.1, 0.15) is 0 Å². The minimum absolute atomic E-state index is 0. The van der Waals surface area contributed by atoms with Gasteiger partial charge in [0.1, 0.15) is 0 Å². The molecular formula is H2K2O2+2. The maximum absolute atomic E-state index is 6.00. The summed E-state index contributed by atoms with van der Waals surface area (Å²) < 4.78 is 0. The van der Waals surface area contributed by atoms with Crippen molar-refractivity contribution in [2.75, 3.05) is 0 Å². The Kier molecular flexibility index (Phi) is 64.3. The molecule has 0 aliphatic rings. The first-order valence-electron chi connectivity index (χ1n) is 0.200. The van der Waals surface area contributed by atoms with Gasteiger partial charge in [0.2, 0.25) is 0 Å². The molecule has 14 valence electrons. The molecule has 0 aromatic heterocycles. The SMILES string of the molecule is OO.[K+].[K+]. The Labute approximate surface area is 110 Å². The summed E-state index contributed by atoms with van der Waals surface area (Å²) in [6.45, 7) is 0. The van der Waals surface area contributed by atoms with E-state index in [0.717, 1.165) is 0 Å². The maximum atomic E-state index is 6.00. The van der Waals surface area contributed by atoms with Crippen LogP contribution < -0.4 is 103 Å². The Morgan fingerprint density at radius 2 is 0.750 bits per heavy atom. The van der Waals surface area contributed by atoms with Crippen molar-refractivity contribution in [1.82, 2.24) is 0 Å². The van der Waals surface area contributed by atoms with Gasteiger partial charge in [0.25, 0.3) is 0 Å². The molecule has 4 heteroatoms. The van der Waals surface area contributed by atoms with E-state index in [4.69, 9.17) is 10.5 Å². The summed E-state index contributed by atoms with van der Waals surface area (Å²) in [4.78, 5) is 0. The van der Waals surface area contributed by atoms with Gasteiger partial charge in [0, 0.05) is 0 Å². The van der Waals surface area contributed by atoms with Crippen molar-refractivity contribution in [3.63, 3.8) is 0 Å². The monoisotopic (exact) mass is 112 g/mol. The van der Waals surface area contributed by atoms with Crippen LogP contribution in [0.2, 0.25) is 0 Å². The van der Waals surface area contributed by atoms with Gasteiger partial charge >= 0.3 is 103 Å². The second kappa shape index (κ2) is 16.4. The van der Waals surface area contributed by atoms with Gasteiger partial charge in [0.05, 0.1) is 0 Å². The predicted molar refractivity (Wildman–Crippen MR) is 5.26 cm³/mol. The van der Waals surface area contributed by atoms with Crippen LogP contribution in [0.4, 0.5) is 0 Å². The van der Waals surface area contributed by atoms with E-state index in [1.165, 1.54) is 0 Å². The fraction of sp³-hybridized carbons (Fsp3) is 0. The standard InChI is InChI=1S/2K.H2O2/c;;1-2/h;;1-2H/q2*+1;. The molecule has 0 radical (unpaired) electrons. The normalized spacial score (nSPS) is 1.50. The number of rotatable bonds is 0. The zero-order chi connectivity index (χ0) is 2.00. The van der Waals surface area contributed by atoms with E-state index in [1.807, 2.05) is 0 Å². The van der Waals surface area contributed by atoms with E-state index in [-0.39, 0.29) is 103 Å². The summed E-state index contributed by atoms with van der Waals surface area (Å²) in [6.07, 6.45) is 0. The molecule has 0 aromatic carbocycles. The molecule has 0 aromatic rings. The molecule has 0 fully saturated rings. The van der Waals surface area contributed by atoms with Gasteiger partial charge in [-0.25, -0.2) is 0 Å². The number of hydrogen-bond acceptors (Lipinski definition) is 2. The van der Waals surface area contributed by atoms with Crippen LogP contribution in [0.15, 0.2) is 0 Å². The van der Waals surface area contributed by atoms with Crippen molar-refractivity contribution in [1.29, 1.82) is 0 Å². The Morgan fingerprint density at radius 1 is 0.750 bits per heavy atom. The molecule has 0 amide bonds. The first-order valence-corrected chi connectivity index (χ1v) is 0.200. The molecular weight excluding hydrogens is 110 g/mol. The third kappa shape index (κ3) is 8.95. The molecule has 0 saturated heterocycles. The molecule has 0 unspecified atom stereocenters. The third-order valence-electron chi connectivity index (χ3n) is 0. The molecule has 2 N–H and O–H groups in total. The molecule has 0 rings (SSSR count). The Balaban J connectivity index is -0.00000000500. The minimum Gasteiger partial charge on any atom is -0.255 e. The molecule has 0 heterocycles. The molecule has 0 bridgehead atoms. The summed E-state index contributed by atoms with van der Waals surface area (Å²) in [7, 11) is 0. The van der Waals surface area contributed by atoms with Crippen LogP contribution in [-0.4, -0.2) is 10.5 Å². The van der Waals surface area contributed by atoms with Crippen LogP contribution in [0.3, 0.4) is 0 Å². The average Bonchev–Trinajstić information content (AvgIpc) is 1.00. The summed E-state index contributed by atoms with van der Waals surface area (Å²) in [6, 6.07) is 0. The predicted octanol–water partition coefficient (Wildman–Crippen LogP) is -5.97. The Hall–Kier alpha value is 3.19. The average molecular weight is 112 g/mol. The fourth-order valence-corrected chi connectivity index (χ4v) is 0. The van der Waals surface area contributed by atoms with Crippen molar-refractivity contribution in [2.24, 2.45) is 0 Å². The van der Waals surface area contributed by atoms with E-state index >= 15 is 0 Å². The Morgan fingerprint density at radius 3 is 0.750 bits per heavy atom. The summed E-state index contributed by atoms with van der Waals surface area (Å²) in [5, 5.41) is 12.0. The first-order chi connectivity index (χ1) is 1.00. The van der Waals surface area contributed by atoms with Gasteiger partial charge in [0.15, 0.2) is 0 Å². The van der Waals surface area contributed by atoms with E-state index in [1.54, 1.807) is 0 Å². The van der Waals surface area contributed by atoms with Gasteiger partial charge in [-0.05, 0) is 0 Å². The van der Waals surface area contributed by atoms with Gasteiger partial charge in [-0.3, -0.25) is 10.5 Å². The van der Waals surface area contributed by atoms with Crippen molar-refractivity contribution in [2.45, 2.75) is 0 Å². The van der Waals surface area contributed by atoms with Gasteiger partial charge in [-0.2, -0.15) is 0 Å². The molecule has 0 atom stereocenters. The largest absolute Gasteiger partial charge is 1.00 e. The molecule has 2 nitrogen and oxygen atoms in total. The molecule has 4 heavy (non-hydrogen) atoms. The van der Waals surface area contributed by atoms with Crippen LogP contribution in [0.5, 0.6) is 0 Å². The van der Waals surface area contributed by atoms with Gasteiger partial charge in [-0.15, -0.1) is 0 Å². The van der Waals surface area contributed by atoms with E-state index in [2.05, 4.69) is 0 Å². The Bertz CT molecular complexity index is 4.00. The van der Waals surface area contributed by atoms with Gasteiger partial charge < -0.3 is 0 Å². The van der Waals surface area contributed by atoms with Crippen LogP contribution >= 0.6 is 0 Å². The van der Waals surface area contributed by atoms with E-state index < -0.39 is 0 Å². The number of hydrogen-bond donors (Lipinski definition) is 2. The summed E-state index contributed by atoms with van der Waals surface area (Å²) in [5.41, 5.74) is 0. The maximum Gasteiger partial charge on any atom is 1.00 e. The van der Waals surface area contributed by atoms with Crippen molar-refractivity contribution >= 4 is 0 Å². The first kappa shape index (κ1) is 15.7. The molecule has 0 spiro atoms. The zero-order valence-corrected chi connectivity index (χ0v) is 9.14. The molecule has 0 aliphatic carbocycles. The topological polar surface area (TPSA) is 40.5 Å². The fourth-order valence-electron chi connectivity index (χ4n) is 0. The van der Waals surface area contributed by atoms with Crippen molar-refractivity contribution in [3.05, 3.63) is 0 Å². The summed E-state index contributed by atoms with van der Waals surface area (Å²) >= 11 is 0. The quantitative estimate of drug-likeness (QED) is 0.186. The molecule has 0 aliphatic heterocycles. The van der Waals surface area contributed by atoms with E-state index in [9.17, 15) is 0 Å². The second-order valence-corrected chi connectivity index (χ2v) is 0. The van der Waals surface area contributed by atoms with Gasteiger partial charge in [-0.1, -0.05) is 0 Å².